The van der Waals surface area contributed by atoms with E-state index in [-0.39, 0.29) is 18.5 Å². The van der Waals surface area contributed by atoms with Crippen LogP contribution >= 0.6 is 0 Å². The van der Waals surface area contributed by atoms with Crippen molar-refractivity contribution in [1.82, 2.24) is 5.32 Å². The molecule has 0 saturated carbocycles. The summed E-state index contributed by atoms with van der Waals surface area (Å²) in [5, 5.41) is 23.1. The van der Waals surface area contributed by atoms with Gasteiger partial charge in [0.05, 0.1) is 25.4 Å². The summed E-state index contributed by atoms with van der Waals surface area (Å²) in [7, 11) is 0. The van der Waals surface area contributed by atoms with Gasteiger partial charge in [0.2, 0.25) is 5.91 Å². The van der Waals surface area contributed by atoms with Crippen molar-refractivity contribution in [2.75, 3.05) is 13.2 Å². The van der Waals surface area contributed by atoms with Crippen molar-refractivity contribution >= 4 is 11.9 Å². The Morgan fingerprint density at radius 2 is 0.732 bits per heavy atom. The number of nitrogens with one attached hydrogen (secondary N) is 1. The van der Waals surface area contributed by atoms with E-state index >= 15 is 0 Å². The number of hydrogen-bond donors (Lipinski definition) is 3. The number of hydrogen-bond acceptors (Lipinski definition) is 5. The summed E-state index contributed by atoms with van der Waals surface area (Å²) < 4.78 is 5.45. The van der Waals surface area contributed by atoms with Gasteiger partial charge in [0, 0.05) is 12.8 Å². The highest BCUT2D eigenvalue weighted by Gasteiger charge is 2.20. The van der Waals surface area contributed by atoms with Gasteiger partial charge in [0.1, 0.15) is 0 Å². The van der Waals surface area contributed by atoms with Crippen LogP contribution in [0.3, 0.4) is 0 Å². The molecule has 0 aliphatic rings. The maximum absolute atomic E-state index is 12.4. The van der Waals surface area contributed by atoms with Crippen molar-refractivity contribution in [3.05, 3.63) is 0 Å². The first-order valence-electron chi connectivity index (χ1n) is 25.3. The topological polar surface area (TPSA) is 95.9 Å². The van der Waals surface area contributed by atoms with Crippen LogP contribution in [0.2, 0.25) is 0 Å². The molecular weight excluding hydrogens is 695 g/mol. The van der Waals surface area contributed by atoms with Crippen molar-refractivity contribution in [2.24, 2.45) is 0 Å². The van der Waals surface area contributed by atoms with Crippen LogP contribution in [0, 0.1) is 0 Å². The zero-order valence-corrected chi connectivity index (χ0v) is 37.9. The van der Waals surface area contributed by atoms with E-state index in [0.717, 1.165) is 38.5 Å². The summed E-state index contributed by atoms with van der Waals surface area (Å²) in [6.45, 7) is 4.93. The predicted molar refractivity (Wildman–Crippen MR) is 241 cm³/mol. The van der Waals surface area contributed by atoms with Gasteiger partial charge in [-0.2, -0.15) is 0 Å². The van der Waals surface area contributed by atoms with Gasteiger partial charge < -0.3 is 20.3 Å². The second kappa shape index (κ2) is 46.5. The minimum Gasteiger partial charge on any atom is -0.466 e. The van der Waals surface area contributed by atoms with E-state index in [2.05, 4.69) is 19.2 Å². The smallest absolute Gasteiger partial charge is 0.305 e. The highest BCUT2D eigenvalue weighted by atomic mass is 16.5. The fourth-order valence-corrected chi connectivity index (χ4v) is 7.99. The summed E-state index contributed by atoms with van der Waals surface area (Å²) in [6, 6.07) is -0.541. The van der Waals surface area contributed by atoms with Gasteiger partial charge in [-0.15, -0.1) is 0 Å². The third-order valence-electron chi connectivity index (χ3n) is 11.9. The Labute approximate surface area is 349 Å². The number of aliphatic hydroxyl groups excluding tert-OH is 2. The molecule has 0 radical (unpaired) electrons. The maximum atomic E-state index is 12.4. The molecule has 0 aromatic carbocycles. The van der Waals surface area contributed by atoms with Crippen molar-refractivity contribution in [3.63, 3.8) is 0 Å². The summed E-state index contributed by atoms with van der Waals surface area (Å²) in [6.07, 6.45) is 50.7. The minimum absolute atomic E-state index is 0.00716. The lowest BCUT2D eigenvalue weighted by atomic mass is 10.0. The van der Waals surface area contributed by atoms with Crippen molar-refractivity contribution < 1.29 is 24.5 Å². The van der Waals surface area contributed by atoms with E-state index in [9.17, 15) is 19.8 Å². The maximum Gasteiger partial charge on any atom is 0.305 e. The van der Waals surface area contributed by atoms with Gasteiger partial charge >= 0.3 is 5.97 Å². The molecule has 0 heterocycles. The average molecular weight is 794 g/mol. The standard InChI is InChI=1S/C50H99NO5/c1-3-5-7-9-11-13-23-28-32-36-40-44-50(55)56-45-41-37-33-29-25-22-20-18-16-15-17-19-21-24-27-31-35-39-43-49(54)51-47(46-52)48(53)42-38-34-30-26-14-12-10-8-6-4-2/h47-48,52-53H,3-46H2,1-2H3,(H,51,54). The van der Waals surface area contributed by atoms with Gasteiger partial charge in [0.25, 0.3) is 0 Å². The summed E-state index contributed by atoms with van der Waals surface area (Å²) in [4.78, 5) is 24.4. The molecule has 0 rings (SSSR count). The quantitative estimate of drug-likeness (QED) is 0.0421. The number of carbonyl (C=O) groups is 2. The fraction of sp³-hybridized carbons (Fsp3) is 0.960. The van der Waals surface area contributed by atoms with Gasteiger partial charge in [0.15, 0.2) is 0 Å². The van der Waals surface area contributed by atoms with Crippen LogP contribution in [0.4, 0.5) is 0 Å². The summed E-state index contributed by atoms with van der Waals surface area (Å²) >= 11 is 0. The number of rotatable bonds is 47. The normalized spacial score (nSPS) is 12.6. The third kappa shape index (κ3) is 42.5. The lowest BCUT2D eigenvalue weighted by Gasteiger charge is -2.22. The van der Waals surface area contributed by atoms with Crippen LogP contribution in [0.5, 0.6) is 0 Å². The van der Waals surface area contributed by atoms with Crippen LogP contribution < -0.4 is 5.32 Å². The Morgan fingerprint density at radius 1 is 0.429 bits per heavy atom. The Hall–Kier alpha value is -1.14. The number of aliphatic hydroxyl groups is 2. The molecule has 334 valence electrons. The molecule has 56 heavy (non-hydrogen) atoms. The van der Waals surface area contributed by atoms with Gasteiger partial charge in [-0.1, -0.05) is 245 Å². The molecule has 0 spiro atoms. The molecule has 0 saturated heterocycles. The van der Waals surface area contributed by atoms with Crippen molar-refractivity contribution in [3.8, 4) is 0 Å². The molecule has 0 aliphatic carbocycles. The first-order chi connectivity index (χ1) is 27.5. The third-order valence-corrected chi connectivity index (χ3v) is 11.9. The second-order valence-electron chi connectivity index (χ2n) is 17.5. The molecule has 2 unspecified atom stereocenters. The zero-order chi connectivity index (χ0) is 40.8. The largest absolute Gasteiger partial charge is 0.466 e. The number of amides is 1. The number of esters is 1. The molecular formula is C50H99NO5. The van der Waals surface area contributed by atoms with Crippen LogP contribution in [0.15, 0.2) is 0 Å². The highest BCUT2D eigenvalue weighted by molar-refractivity contribution is 5.76. The number of carbonyl (C=O) groups excluding carboxylic acids is 2. The van der Waals surface area contributed by atoms with Gasteiger partial charge in [-0.3, -0.25) is 9.59 Å². The number of unbranched alkanes of at least 4 members (excludes halogenated alkanes) is 36. The highest BCUT2D eigenvalue weighted by Crippen LogP contribution is 2.17. The Kier molecular flexibility index (Phi) is 45.6. The van der Waals surface area contributed by atoms with Gasteiger partial charge in [-0.05, 0) is 25.7 Å². The molecule has 3 N–H and O–H groups in total. The molecule has 0 fully saturated rings. The monoisotopic (exact) mass is 794 g/mol. The zero-order valence-electron chi connectivity index (χ0n) is 37.9. The molecule has 0 bridgehead atoms. The molecule has 0 aliphatic heterocycles. The molecule has 0 aromatic heterocycles. The van der Waals surface area contributed by atoms with Gasteiger partial charge in [-0.25, -0.2) is 0 Å². The molecule has 6 heteroatoms. The second-order valence-corrected chi connectivity index (χ2v) is 17.5. The molecule has 1 amide bonds. The molecule has 2 atom stereocenters. The lowest BCUT2D eigenvalue weighted by Crippen LogP contribution is -2.45. The van der Waals surface area contributed by atoms with Crippen LogP contribution in [0.1, 0.15) is 284 Å². The lowest BCUT2D eigenvalue weighted by molar-refractivity contribution is -0.143. The summed E-state index contributed by atoms with van der Waals surface area (Å²) in [5.74, 6) is -0.0326. The van der Waals surface area contributed by atoms with Crippen LogP contribution in [-0.2, 0) is 14.3 Å². The Bertz CT molecular complexity index is 791. The predicted octanol–water partition coefficient (Wildman–Crippen LogP) is 14.8. The van der Waals surface area contributed by atoms with E-state index in [4.69, 9.17) is 4.74 Å². The Morgan fingerprint density at radius 3 is 1.09 bits per heavy atom. The Balaban J connectivity index is 3.38. The van der Waals surface area contributed by atoms with E-state index in [1.54, 1.807) is 0 Å². The molecule has 0 aromatic rings. The fourth-order valence-electron chi connectivity index (χ4n) is 7.99. The van der Waals surface area contributed by atoms with E-state index in [1.165, 1.54) is 212 Å². The first-order valence-corrected chi connectivity index (χ1v) is 25.3. The van der Waals surface area contributed by atoms with Crippen LogP contribution in [0.25, 0.3) is 0 Å². The average Bonchev–Trinajstić information content (AvgIpc) is 3.20. The SMILES string of the molecule is CCCCCCCCCCCCCC(=O)OCCCCCCCCCCCCCCCCCCCCC(=O)NC(CO)C(O)CCCCCCCCCCCC. The van der Waals surface area contributed by atoms with E-state index < -0.39 is 12.1 Å². The summed E-state index contributed by atoms with van der Waals surface area (Å²) in [5.41, 5.74) is 0. The van der Waals surface area contributed by atoms with Crippen LogP contribution in [-0.4, -0.2) is 47.4 Å². The molecule has 6 nitrogen and oxygen atoms in total. The van der Waals surface area contributed by atoms with Crippen molar-refractivity contribution in [2.45, 2.75) is 296 Å². The minimum atomic E-state index is -0.663. The van der Waals surface area contributed by atoms with E-state index in [0.29, 0.717) is 25.9 Å². The van der Waals surface area contributed by atoms with E-state index in [1.807, 2.05) is 0 Å². The van der Waals surface area contributed by atoms with Crippen molar-refractivity contribution in [1.29, 1.82) is 0 Å². The first kappa shape index (κ1) is 54.9. The number of ether oxygens (including phenoxy) is 1.